The summed E-state index contributed by atoms with van der Waals surface area (Å²) in [6.07, 6.45) is 0.533. The average molecular weight is 217 g/mol. The molecule has 0 amide bonds. The number of hydrogen-bond acceptors (Lipinski definition) is 3. The Bertz CT molecular complexity index is 362. The molecule has 2 atom stereocenters. The highest BCUT2D eigenvalue weighted by atomic mass is 15.1. The second kappa shape index (κ2) is 5.53. The van der Waals surface area contributed by atoms with Gasteiger partial charge in [0, 0.05) is 24.8 Å². The van der Waals surface area contributed by atoms with E-state index in [1.807, 2.05) is 45.2 Å². The van der Waals surface area contributed by atoms with Crippen LogP contribution in [0, 0.1) is 11.3 Å². The van der Waals surface area contributed by atoms with Gasteiger partial charge in [-0.3, -0.25) is 0 Å². The topological polar surface area (TPSA) is 53.0 Å². The third-order valence-electron chi connectivity index (χ3n) is 2.87. The highest BCUT2D eigenvalue weighted by molar-refractivity contribution is 5.48. The van der Waals surface area contributed by atoms with Crippen molar-refractivity contribution < 1.29 is 0 Å². The highest BCUT2D eigenvalue weighted by Gasteiger charge is 2.09. The van der Waals surface area contributed by atoms with Crippen LogP contribution in [0.15, 0.2) is 24.3 Å². The number of anilines is 1. The summed E-state index contributed by atoms with van der Waals surface area (Å²) in [7, 11) is 2.00. The first-order valence-electron chi connectivity index (χ1n) is 5.51. The van der Waals surface area contributed by atoms with Crippen molar-refractivity contribution in [1.29, 1.82) is 5.26 Å². The molecular weight excluding hydrogens is 198 g/mol. The van der Waals surface area contributed by atoms with Gasteiger partial charge in [0.1, 0.15) is 0 Å². The third-order valence-corrected chi connectivity index (χ3v) is 2.87. The lowest BCUT2D eigenvalue weighted by atomic mass is 10.1. The zero-order chi connectivity index (χ0) is 12.1. The van der Waals surface area contributed by atoms with Gasteiger partial charge in [-0.2, -0.15) is 5.26 Å². The lowest BCUT2D eigenvalue weighted by Gasteiger charge is -2.25. The van der Waals surface area contributed by atoms with Crippen LogP contribution in [-0.4, -0.2) is 13.1 Å². The van der Waals surface area contributed by atoms with Gasteiger partial charge < -0.3 is 10.6 Å². The second-order valence-corrected chi connectivity index (χ2v) is 4.20. The molecular formula is C13H19N3. The largest absolute Gasteiger partial charge is 0.371 e. The molecule has 3 heteroatoms. The molecule has 0 bridgehead atoms. The highest BCUT2D eigenvalue weighted by Crippen LogP contribution is 2.19. The van der Waals surface area contributed by atoms with Gasteiger partial charge >= 0.3 is 0 Å². The normalized spacial score (nSPS) is 13.9. The van der Waals surface area contributed by atoms with Gasteiger partial charge in [-0.15, -0.1) is 0 Å². The van der Waals surface area contributed by atoms with Crippen LogP contribution < -0.4 is 10.6 Å². The van der Waals surface area contributed by atoms with Gasteiger partial charge in [0.2, 0.25) is 0 Å². The standard InChI is InChI=1S/C13H19N3/c1-10(8-9-14)16(3)13-6-4-12(5-7-13)11(2)15/h4-7,10-11H,8,15H2,1-3H3/t10?,11-/m0/s1. The first-order valence-corrected chi connectivity index (χ1v) is 5.51. The molecule has 2 N–H and O–H groups in total. The summed E-state index contributed by atoms with van der Waals surface area (Å²) in [6, 6.07) is 10.7. The van der Waals surface area contributed by atoms with Crippen LogP contribution in [0.2, 0.25) is 0 Å². The Kier molecular flexibility index (Phi) is 4.33. The average Bonchev–Trinajstić information content (AvgIpc) is 2.28. The van der Waals surface area contributed by atoms with E-state index >= 15 is 0 Å². The van der Waals surface area contributed by atoms with Gasteiger partial charge in [0.15, 0.2) is 0 Å². The fourth-order valence-corrected chi connectivity index (χ4v) is 1.54. The first-order chi connectivity index (χ1) is 7.56. The summed E-state index contributed by atoms with van der Waals surface area (Å²) in [5, 5.41) is 8.66. The van der Waals surface area contributed by atoms with Crippen LogP contribution in [0.4, 0.5) is 5.69 Å². The Balaban J connectivity index is 2.78. The molecule has 1 rings (SSSR count). The Morgan fingerprint density at radius 1 is 1.31 bits per heavy atom. The maximum absolute atomic E-state index is 8.66. The Morgan fingerprint density at radius 3 is 2.31 bits per heavy atom. The zero-order valence-corrected chi connectivity index (χ0v) is 10.1. The Hall–Kier alpha value is -1.53. The molecule has 1 aromatic carbocycles. The number of nitrogens with two attached hydrogens (primary N) is 1. The SMILES string of the molecule is CC(CC#N)N(C)c1ccc([C@H](C)N)cc1. The van der Waals surface area contributed by atoms with Crippen molar-refractivity contribution in [3.8, 4) is 6.07 Å². The van der Waals surface area contributed by atoms with Gasteiger partial charge in [0.25, 0.3) is 0 Å². The van der Waals surface area contributed by atoms with E-state index in [2.05, 4.69) is 11.0 Å². The molecule has 0 saturated heterocycles. The van der Waals surface area contributed by atoms with E-state index in [1.54, 1.807) is 0 Å². The number of nitriles is 1. The predicted octanol–water partition coefficient (Wildman–Crippen LogP) is 2.44. The quantitative estimate of drug-likeness (QED) is 0.842. The molecule has 0 spiro atoms. The molecule has 0 aliphatic carbocycles. The summed E-state index contributed by atoms with van der Waals surface area (Å²) in [4.78, 5) is 2.11. The zero-order valence-electron chi connectivity index (χ0n) is 10.1. The van der Waals surface area contributed by atoms with Crippen molar-refractivity contribution in [1.82, 2.24) is 0 Å². The summed E-state index contributed by atoms with van der Waals surface area (Å²) in [5.74, 6) is 0. The predicted molar refractivity (Wildman–Crippen MR) is 67.1 cm³/mol. The minimum absolute atomic E-state index is 0.0656. The van der Waals surface area contributed by atoms with E-state index < -0.39 is 0 Å². The maximum Gasteiger partial charge on any atom is 0.0643 e. The van der Waals surface area contributed by atoms with E-state index in [1.165, 1.54) is 0 Å². The van der Waals surface area contributed by atoms with Crippen molar-refractivity contribution in [2.24, 2.45) is 5.73 Å². The van der Waals surface area contributed by atoms with Crippen LogP contribution in [0.1, 0.15) is 31.9 Å². The van der Waals surface area contributed by atoms with Crippen LogP contribution >= 0.6 is 0 Å². The molecule has 1 unspecified atom stereocenters. The number of nitrogens with zero attached hydrogens (tertiary/aromatic N) is 2. The Labute approximate surface area is 97.5 Å². The smallest absolute Gasteiger partial charge is 0.0643 e. The lowest BCUT2D eigenvalue weighted by molar-refractivity contribution is 0.702. The van der Waals surface area contributed by atoms with Gasteiger partial charge in [0.05, 0.1) is 12.5 Å². The molecule has 0 aliphatic rings. The first kappa shape index (κ1) is 12.5. The molecule has 0 fully saturated rings. The number of hydrogen-bond donors (Lipinski definition) is 1. The molecule has 0 saturated carbocycles. The van der Waals surface area contributed by atoms with Crippen molar-refractivity contribution >= 4 is 5.69 Å². The molecule has 1 aromatic rings. The summed E-state index contributed by atoms with van der Waals surface area (Å²) >= 11 is 0. The number of benzene rings is 1. The summed E-state index contributed by atoms with van der Waals surface area (Å²) in [6.45, 7) is 4.01. The second-order valence-electron chi connectivity index (χ2n) is 4.20. The molecule has 86 valence electrons. The van der Waals surface area contributed by atoms with Gasteiger partial charge in [-0.05, 0) is 31.5 Å². The maximum atomic E-state index is 8.66. The molecule has 0 aliphatic heterocycles. The van der Waals surface area contributed by atoms with Gasteiger partial charge in [-0.25, -0.2) is 0 Å². The van der Waals surface area contributed by atoms with Gasteiger partial charge in [-0.1, -0.05) is 12.1 Å². The monoisotopic (exact) mass is 217 g/mol. The van der Waals surface area contributed by atoms with Crippen molar-refractivity contribution in [3.63, 3.8) is 0 Å². The van der Waals surface area contributed by atoms with Crippen molar-refractivity contribution in [2.75, 3.05) is 11.9 Å². The third kappa shape index (κ3) is 2.98. The van der Waals surface area contributed by atoms with Crippen molar-refractivity contribution in [2.45, 2.75) is 32.4 Å². The van der Waals surface area contributed by atoms with E-state index in [0.717, 1.165) is 11.3 Å². The molecule has 16 heavy (non-hydrogen) atoms. The molecule has 0 aromatic heterocycles. The Morgan fingerprint density at radius 2 is 1.88 bits per heavy atom. The van der Waals surface area contributed by atoms with Crippen LogP contribution in [0.3, 0.4) is 0 Å². The van der Waals surface area contributed by atoms with E-state index in [9.17, 15) is 0 Å². The van der Waals surface area contributed by atoms with Crippen molar-refractivity contribution in [3.05, 3.63) is 29.8 Å². The van der Waals surface area contributed by atoms with E-state index in [-0.39, 0.29) is 12.1 Å². The number of rotatable bonds is 4. The molecule has 0 heterocycles. The van der Waals surface area contributed by atoms with Crippen LogP contribution in [0.25, 0.3) is 0 Å². The van der Waals surface area contributed by atoms with Crippen LogP contribution in [0.5, 0.6) is 0 Å². The molecule has 0 radical (unpaired) electrons. The summed E-state index contributed by atoms with van der Waals surface area (Å²) in [5.41, 5.74) is 8.04. The van der Waals surface area contributed by atoms with E-state index in [0.29, 0.717) is 6.42 Å². The molecule has 3 nitrogen and oxygen atoms in total. The lowest BCUT2D eigenvalue weighted by Crippen LogP contribution is -2.28. The minimum Gasteiger partial charge on any atom is -0.371 e. The van der Waals surface area contributed by atoms with Crippen LogP contribution in [-0.2, 0) is 0 Å². The minimum atomic E-state index is 0.0656. The van der Waals surface area contributed by atoms with E-state index in [4.69, 9.17) is 11.0 Å². The summed E-state index contributed by atoms with van der Waals surface area (Å²) < 4.78 is 0. The fraction of sp³-hybridized carbons (Fsp3) is 0.462. The fourth-order valence-electron chi connectivity index (χ4n) is 1.54.